The van der Waals surface area contributed by atoms with E-state index < -0.39 is 0 Å². The summed E-state index contributed by atoms with van der Waals surface area (Å²) in [5.74, 6) is 0.101. The molecule has 1 N–H and O–H groups in total. The molecule has 2 fully saturated rings. The van der Waals surface area contributed by atoms with Gasteiger partial charge in [-0.3, -0.25) is 14.6 Å². The number of amides is 1. The number of hydrogen-bond acceptors (Lipinski definition) is 5. The van der Waals surface area contributed by atoms with Crippen molar-refractivity contribution in [2.45, 2.75) is 6.10 Å². The summed E-state index contributed by atoms with van der Waals surface area (Å²) in [6, 6.07) is 9.43. The molecule has 0 saturated carbocycles. The maximum atomic E-state index is 12.4. The molecule has 1 amide bonds. The molecule has 0 aliphatic carbocycles. The quantitative estimate of drug-likeness (QED) is 0.831. The summed E-state index contributed by atoms with van der Waals surface area (Å²) in [4.78, 5) is 18.8. The van der Waals surface area contributed by atoms with E-state index in [1.165, 1.54) is 0 Å². The molecule has 3 rings (SSSR count). The molecule has 2 heterocycles. The van der Waals surface area contributed by atoms with Gasteiger partial charge in [-0.05, 0) is 12.1 Å². The fraction of sp³-hybridized carbons (Fsp3) is 0.611. The predicted molar refractivity (Wildman–Crippen MR) is 92.1 cm³/mol. The van der Waals surface area contributed by atoms with Crippen molar-refractivity contribution in [3.63, 3.8) is 0 Å². The highest BCUT2D eigenvalue weighted by atomic mass is 16.5. The van der Waals surface area contributed by atoms with Gasteiger partial charge in [-0.1, -0.05) is 18.2 Å². The van der Waals surface area contributed by atoms with Crippen LogP contribution < -0.4 is 0 Å². The van der Waals surface area contributed by atoms with Crippen molar-refractivity contribution in [3.05, 3.63) is 35.9 Å². The molecule has 2 aliphatic heterocycles. The molecule has 1 atom stereocenters. The standard InChI is InChI=1S/C18H27N3O3/c22-17(15-20-10-12-24-13-11-20)14-19-6-8-21(9-7-19)18(23)16-4-2-1-3-5-16/h1-5,17,22H,6-15H2/t17-/m0/s1. The zero-order chi connectivity index (χ0) is 16.8. The third kappa shape index (κ3) is 4.77. The highest BCUT2D eigenvalue weighted by Crippen LogP contribution is 2.09. The second-order valence-electron chi connectivity index (χ2n) is 6.53. The third-order valence-corrected chi connectivity index (χ3v) is 4.72. The van der Waals surface area contributed by atoms with Crippen molar-refractivity contribution in [2.75, 3.05) is 65.6 Å². The molecule has 6 nitrogen and oxygen atoms in total. The minimum absolute atomic E-state index is 0.101. The average molecular weight is 333 g/mol. The van der Waals surface area contributed by atoms with Crippen LogP contribution in [0, 0.1) is 0 Å². The average Bonchev–Trinajstić information content (AvgIpc) is 2.63. The van der Waals surface area contributed by atoms with Crippen LogP contribution in [-0.4, -0.2) is 97.4 Å². The minimum atomic E-state index is -0.348. The molecule has 1 aromatic carbocycles. The van der Waals surface area contributed by atoms with E-state index in [2.05, 4.69) is 9.80 Å². The first-order chi connectivity index (χ1) is 11.7. The maximum Gasteiger partial charge on any atom is 0.253 e. The number of rotatable bonds is 5. The van der Waals surface area contributed by atoms with E-state index in [1.807, 2.05) is 35.2 Å². The van der Waals surface area contributed by atoms with Crippen molar-refractivity contribution >= 4 is 5.91 Å². The van der Waals surface area contributed by atoms with Crippen LogP contribution in [0.15, 0.2) is 30.3 Å². The monoisotopic (exact) mass is 333 g/mol. The maximum absolute atomic E-state index is 12.4. The van der Waals surface area contributed by atoms with Crippen molar-refractivity contribution in [2.24, 2.45) is 0 Å². The van der Waals surface area contributed by atoms with Crippen LogP contribution in [0.4, 0.5) is 0 Å². The van der Waals surface area contributed by atoms with E-state index in [0.29, 0.717) is 13.1 Å². The summed E-state index contributed by atoms with van der Waals surface area (Å²) in [5, 5.41) is 10.3. The second kappa shape index (κ2) is 8.58. The number of morpholine rings is 1. The lowest BCUT2D eigenvalue weighted by atomic mass is 10.1. The molecule has 2 saturated heterocycles. The number of β-amino-alcohol motifs (C(OH)–C–C–N with tert-alkyl or cyclic N) is 1. The van der Waals surface area contributed by atoms with Crippen LogP contribution in [0.1, 0.15) is 10.4 Å². The summed E-state index contributed by atoms with van der Waals surface area (Å²) in [5.41, 5.74) is 0.748. The Morgan fingerprint density at radius 3 is 2.17 bits per heavy atom. The number of carbonyl (C=O) groups excluding carboxylic acids is 1. The number of benzene rings is 1. The number of ether oxygens (including phenoxy) is 1. The van der Waals surface area contributed by atoms with Gasteiger partial charge in [0, 0.05) is 57.9 Å². The number of aliphatic hydroxyl groups is 1. The van der Waals surface area contributed by atoms with Gasteiger partial charge in [0.1, 0.15) is 0 Å². The summed E-state index contributed by atoms with van der Waals surface area (Å²) in [6.07, 6.45) is -0.348. The van der Waals surface area contributed by atoms with E-state index in [4.69, 9.17) is 4.74 Å². The molecule has 132 valence electrons. The second-order valence-corrected chi connectivity index (χ2v) is 6.53. The SMILES string of the molecule is O=C(c1ccccc1)N1CCN(C[C@H](O)CN2CCOCC2)CC1. The van der Waals surface area contributed by atoms with Gasteiger partial charge < -0.3 is 14.7 Å². The van der Waals surface area contributed by atoms with Crippen LogP contribution in [0.2, 0.25) is 0 Å². The number of nitrogens with zero attached hydrogens (tertiary/aromatic N) is 3. The van der Waals surface area contributed by atoms with Crippen molar-refractivity contribution in [1.82, 2.24) is 14.7 Å². The lowest BCUT2D eigenvalue weighted by molar-refractivity contribution is 0.00292. The Bertz CT molecular complexity index is 512. The number of piperazine rings is 1. The fourth-order valence-corrected chi connectivity index (χ4v) is 3.33. The zero-order valence-electron chi connectivity index (χ0n) is 14.1. The van der Waals surface area contributed by atoms with Gasteiger partial charge in [0.2, 0.25) is 0 Å². The van der Waals surface area contributed by atoms with Gasteiger partial charge in [-0.2, -0.15) is 0 Å². The normalized spacial score (nSPS) is 21.6. The first-order valence-corrected chi connectivity index (χ1v) is 8.77. The Labute approximate surface area is 143 Å². The van der Waals surface area contributed by atoms with Crippen molar-refractivity contribution in [1.29, 1.82) is 0 Å². The van der Waals surface area contributed by atoms with Crippen molar-refractivity contribution in [3.8, 4) is 0 Å². The Morgan fingerprint density at radius 1 is 0.958 bits per heavy atom. The molecular weight excluding hydrogens is 306 g/mol. The van der Waals surface area contributed by atoms with Crippen LogP contribution in [-0.2, 0) is 4.74 Å². The minimum Gasteiger partial charge on any atom is -0.390 e. The van der Waals surface area contributed by atoms with E-state index in [1.54, 1.807) is 0 Å². The third-order valence-electron chi connectivity index (χ3n) is 4.72. The summed E-state index contributed by atoms with van der Waals surface area (Å²) in [7, 11) is 0. The summed E-state index contributed by atoms with van der Waals surface area (Å²) >= 11 is 0. The topological polar surface area (TPSA) is 56.2 Å². The number of carbonyl (C=O) groups is 1. The first kappa shape index (κ1) is 17.4. The lowest BCUT2D eigenvalue weighted by Gasteiger charge is -2.36. The van der Waals surface area contributed by atoms with E-state index >= 15 is 0 Å². The van der Waals surface area contributed by atoms with E-state index in [0.717, 1.165) is 58.0 Å². The molecule has 24 heavy (non-hydrogen) atoms. The summed E-state index contributed by atoms with van der Waals surface area (Å²) in [6.45, 7) is 7.76. The Balaban J connectivity index is 1.41. The molecular formula is C18H27N3O3. The molecule has 0 unspecified atom stereocenters. The Kier molecular flexibility index (Phi) is 6.20. The highest BCUT2D eigenvalue weighted by molar-refractivity contribution is 5.94. The molecule has 1 aromatic rings. The van der Waals surface area contributed by atoms with Gasteiger partial charge in [0.15, 0.2) is 0 Å². The van der Waals surface area contributed by atoms with Gasteiger partial charge in [-0.25, -0.2) is 0 Å². The molecule has 0 spiro atoms. The van der Waals surface area contributed by atoms with Gasteiger partial charge in [-0.15, -0.1) is 0 Å². The molecule has 0 radical (unpaired) electrons. The van der Waals surface area contributed by atoms with E-state index in [9.17, 15) is 9.90 Å². The zero-order valence-corrected chi connectivity index (χ0v) is 14.1. The van der Waals surface area contributed by atoms with Crippen LogP contribution >= 0.6 is 0 Å². The van der Waals surface area contributed by atoms with Crippen molar-refractivity contribution < 1.29 is 14.6 Å². The van der Waals surface area contributed by atoms with Crippen LogP contribution in [0.25, 0.3) is 0 Å². The number of aliphatic hydroxyl groups excluding tert-OH is 1. The van der Waals surface area contributed by atoms with E-state index in [-0.39, 0.29) is 12.0 Å². The molecule has 0 bridgehead atoms. The first-order valence-electron chi connectivity index (χ1n) is 8.77. The van der Waals surface area contributed by atoms with Crippen LogP contribution in [0.3, 0.4) is 0 Å². The summed E-state index contributed by atoms with van der Waals surface area (Å²) < 4.78 is 5.33. The predicted octanol–water partition coefficient (Wildman–Crippen LogP) is 0.138. The largest absolute Gasteiger partial charge is 0.390 e. The highest BCUT2D eigenvalue weighted by Gasteiger charge is 2.24. The Morgan fingerprint density at radius 2 is 1.54 bits per heavy atom. The smallest absolute Gasteiger partial charge is 0.253 e. The molecule has 6 heteroatoms. The molecule has 2 aliphatic rings. The molecule has 0 aromatic heterocycles. The van der Waals surface area contributed by atoms with Crippen LogP contribution in [0.5, 0.6) is 0 Å². The lowest BCUT2D eigenvalue weighted by Crippen LogP contribution is -2.52. The van der Waals surface area contributed by atoms with Gasteiger partial charge >= 0.3 is 0 Å². The van der Waals surface area contributed by atoms with Gasteiger partial charge in [0.05, 0.1) is 19.3 Å². The number of hydrogen-bond donors (Lipinski definition) is 1. The fourth-order valence-electron chi connectivity index (χ4n) is 3.33. The Hall–Kier alpha value is -1.47. The van der Waals surface area contributed by atoms with Gasteiger partial charge in [0.25, 0.3) is 5.91 Å².